The number of halogens is 3. The number of aliphatic carboxylic acids is 1. The molecule has 0 spiro atoms. The van der Waals surface area contributed by atoms with Gasteiger partial charge in [0.2, 0.25) is 0 Å². The van der Waals surface area contributed by atoms with Gasteiger partial charge in [-0.05, 0) is 25.0 Å². The van der Waals surface area contributed by atoms with Crippen LogP contribution in [0.25, 0.3) is 0 Å². The van der Waals surface area contributed by atoms with Gasteiger partial charge in [-0.2, -0.15) is 24.9 Å². The Hall–Kier alpha value is -2.74. The van der Waals surface area contributed by atoms with Gasteiger partial charge in [0, 0.05) is 44.2 Å². The molecule has 2 amide bonds. The van der Waals surface area contributed by atoms with Gasteiger partial charge in [-0.25, -0.2) is 14.3 Å². The molecule has 2 aliphatic rings. The van der Waals surface area contributed by atoms with Crippen LogP contribution in [0.5, 0.6) is 0 Å². The summed E-state index contributed by atoms with van der Waals surface area (Å²) in [5, 5.41) is 18.7. The summed E-state index contributed by atoms with van der Waals surface area (Å²) in [5.41, 5.74) is 1.04. The Labute approximate surface area is 198 Å². The van der Waals surface area contributed by atoms with Crippen LogP contribution in [0, 0.1) is 0 Å². The van der Waals surface area contributed by atoms with Crippen LogP contribution in [0.2, 0.25) is 0 Å². The number of thioether (sulfide) groups is 1. The molecule has 4 rings (SSSR count). The average molecular weight is 505 g/mol. The van der Waals surface area contributed by atoms with Gasteiger partial charge in [-0.1, -0.05) is 5.21 Å². The summed E-state index contributed by atoms with van der Waals surface area (Å²) in [6.45, 7) is 5.02. The number of hydrogen-bond acceptors (Lipinski definition) is 7. The predicted octanol–water partition coefficient (Wildman–Crippen LogP) is 2.60. The quantitative estimate of drug-likeness (QED) is 0.638. The van der Waals surface area contributed by atoms with Crippen LogP contribution in [0.3, 0.4) is 0 Å². The van der Waals surface area contributed by atoms with Gasteiger partial charge in [-0.15, -0.1) is 5.10 Å². The van der Waals surface area contributed by atoms with Crippen LogP contribution in [0.1, 0.15) is 30.3 Å². The molecule has 0 radical (unpaired) electrons. The highest BCUT2D eigenvalue weighted by Gasteiger charge is 2.38. The molecule has 2 saturated heterocycles. The van der Waals surface area contributed by atoms with Gasteiger partial charge in [0.15, 0.2) is 0 Å². The number of aromatic nitrogens is 3. The summed E-state index contributed by atoms with van der Waals surface area (Å²) in [6, 6.07) is 3.96. The topological polar surface area (TPSA) is 117 Å². The minimum Gasteiger partial charge on any atom is -0.475 e. The molecular weight excluding hydrogens is 477 g/mol. The van der Waals surface area contributed by atoms with E-state index < -0.39 is 12.1 Å². The highest BCUT2D eigenvalue weighted by molar-refractivity contribution is 7.99. The van der Waals surface area contributed by atoms with Gasteiger partial charge in [-0.3, -0.25) is 4.90 Å². The zero-order chi connectivity index (χ0) is 24.6. The first kappa shape index (κ1) is 25.9. The largest absolute Gasteiger partial charge is 0.490 e. The van der Waals surface area contributed by atoms with Crippen molar-refractivity contribution in [2.24, 2.45) is 0 Å². The van der Waals surface area contributed by atoms with Crippen molar-refractivity contribution in [2.75, 3.05) is 37.7 Å². The highest BCUT2D eigenvalue weighted by atomic mass is 32.2. The van der Waals surface area contributed by atoms with Crippen LogP contribution in [0.15, 0.2) is 29.0 Å². The first-order valence-electron chi connectivity index (χ1n) is 10.8. The van der Waals surface area contributed by atoms with Gasteiger partial charge in [0.05, 0.1) is 30.7 Å². The summed E-state index contributed by atoms with van der Waals surface area (Å²) in [4.78, 5) is 25.5. The lowest BCUT2D eigenvalue weighted by molar-refractivity contribution is -0.192. The Bertz CT molecular complexity index is 910. The zero-order valence-corrected chi connectivity index (χ0v) is 19.2. The number of nitrogens with one attached hydrogen (secondary N) is 1. The van der Waals surface area contributed by atoms with E-state index in [-0.39, 0.29) is 6.03 Å². The van der Waals surface area contributed by atoms with Gasteiger partial charge in [0.1, 0.15) is 5.76 Å². The van der Waals surface area contributed by atoms with E-state index in [0.717, 1.165) is 57.0 Å². The number of carboxylic acids is 1. The molecule has 4 heterocycles. The van der Waals surface area contributed by atoms with Crippen LogP contribution in [0.4, 0.5) is 18.0 Å². The molecule has 0 aromatic carbocycles. The number of piperidine rings is 1. The average Bonchev–Trinajstić information content (AvgIpc) is 3.50. The molecule has 14 heteroatoms. The van der Waals surface area contributed by atoms with Crippen LogP contribution in [-0.4, -0.2) is 85.8 Å². The third-order valence-electron chi connectivity index (χ3n) is 5.41. The molecule has 0 bridgehead atoms. The van der Waals surface area contributed by atoms with Crippen molar-refractivity contribution in [1.29, 1.82) is 0 Å². The first-order valence-corrected chi connectivity index (χ1v) is 11.9. The molecule has 0 atom stereocenters. The molecule has 10 nitrogen and oxygen atoms in total. The normalized spacial score (nSPS) is 17.7. The summed E-state index contributed by atoms with van der Waals surface area (Å²) in [7, 11) is 0. The van der Waals surface area contributed by atoms with E-state index in [1.54, 1.807) is 6.26 Å². The Morgan fingerprint density at radius 2 is 1.88 bits per heavy atom. The maximum absolute atomic E-state index is 12.3. The summed E-state index contributed by atoms with van der Waals surface area (Å²) in [6.07, 6.45) is 0.414. The third-order valence-corrected chi connectivity index (χ3v) is 6.35. The number of carbonyl (C=O) groups excluding carboxylic acids is 1. The number of nitrogens with zero attached hydrogens (tertiary/aromatic N) is 5. The number of urea groups is 1. The van der Waals surface area contributed by atoms with Crippen LogP contribution < -0.4 is 5.32 Å². The Balaban J connectivity index is 0.000000406. The van der Waals surface area contributed by atoms with Crippen molar-refractivity contribution >= 4 is 23.8 Å². The smallest absolute Gasteiger partial charge is 0.475 e. The third kappa shape index (κ3) is 7.94. The van der Waals surface area contributed by atoms with Crippen molar-refractivity contribution < 1.29 is 32.3 Å². The van der Waals surface area contributed by atoms with Crippen LogP contribution >= 0.6 is 11.8 Å². The van der Waals surface area contributed by atoms with E-state index >= 15 is 0 Å². The number of furan rings is 1. The monoisotopic (exact) mass is 504 g/mol. The first-order chi connectivity index (χ1) is 16.2. The maximum Gasteiger partial charge on any atom is 0.490 e. The predicted molar refractivity (Wildman–Crippen MR) is 117 cm³/mol. The fourth-order valence-electron chi connectivity index (χ4n) is 3.57. The number of hydrogen-bond donors (Lipinski definition) is 2. The molecule has 2 aliphatic heterocycles. The SMILES string of the molecule is O=C(NCc1ccco1)N1CCC(n2cc(CN3CCSCC3)nn2)CC1.O=C(O)C(F)(F)F. The second-order valence-corrected chi connectivity index (χ2v) is 9.06. The summed E-state index contributed by atoms with van der Waals surface area (Å²) in [5.74, 6) is 0.413. The number of rotatable bonds is 5. The molecule has 0 aliphatic carbocycles. The van der Waals surface area contributed by atoms with Crippen molar-refractivity contribution in [1.82, 2.24) is 30.1 Å². The van der Waals surface area contributed by atoms with Gasteiger partial charge < -0.3 is 19.7 Å². The molecule has 0 saturated carbocycles. The van der Waals surface area contributed by atoms with E-state index in [4.69, 9.17) is 14.3 Å². The number of alkyl halides is 3. The van der Waals surface area contributed by atoms with E-state index in [2.05, 4.69) is 26.7 Å². The lowest BCUT2D eigenvalue weighted by atomic mass is 10.1. The van der Waals surface area contributed by atoms with Crippen molar-refractivity contribution in [2.45, 2.75) is 38.1 Å². The molecule has 2 fully saturated rings. The molecule has 2 aromatic rings. The lowest BCUT2D eigenvalue weighted by Crippen LogP contribution is -2.44. The second kappa shape index (κ2) is 12.1. The number of amides is 2. The minimum atomic E-state index is -5.08. The van der Waals surface area contributed by atoms with Gasteiger partial charge in [0.25, 0.3) is 0 Å². The molecule has 188 valence electrons. The standard InChI is InChI=1S/C18H26N6O2S.C2HF3O2/c25-18(19-12-17-2-1-9-26-17)23-5-3-16(4-6-23)24-14-15(20-21-24)13-22-7-10-27-11-8-22;3-2(4,5)1(6)7/h1-2,9,14,16H,3-8,10-13H2,(H,19,25);(H,6,7). The van der Waals surface area contributed by atoms with E-state index in [1.807, 2.05) is 33.5 Å². The van der Waals surface area contributed by atoms with Crippen molar-refractivity contribution in [3.63, 3.8) is 0 Å². The van der Waals surface area contributed by atoms with Crippen molar-refractivity contribution in [3.8, 4) is 0 Å². The molecule has 2 N–H and O–H groups in total. The molecule has 34 heavy (non-hydrogen) atoms. The Morgan fingerprint density at radius 3 is 2.47 bits per heavy atom. The Morgan fingerprint density at radius 1 is 1.21 bits per heavy atom. The van der Waals surface area contributed by atoms with Gasteiger partial charge >= 0.3 is 18.2 Å². The van der Waals surface area contributed by atoms with Crippen LogP contribution in [-0.2, 0) is 17.9 Å². The van der Waals surface area contributed by atoms with E-state index in [9.17, 15) is 18.0 Å². The van der Waals surface area contributed by atoms with E-state index in [1.165, 1.54) is 11.5 Å². The molecular formula is C20H27F3N6O4S. The van der Waals surface area contributed by atoms with Crippen molar-refractivity contribution in [3.05, 3.63) is 36.0 Å². The second-order valence-electron chi connectivity index (χ2n) is 7.84. The number of likely N-dealkylation sites (tertiary alicyclic amines) is 1. The molecule has 2 aromatic heterocycles. The van der Waals surface area contributed by atoms with E-state index in [0.29, 0.717) is 12.6 Å². The number of carbonyl (C=O) groups is 2. The fourth-order valence-corrected chi connectivity index (χ4v) is 4.55. The Kier molecular flexibility index (Phi) is 9.21. The lowest BCUT2D eigenvalue weighted by Gasteiger charge is -2.31. The maximum atomic E-state index is 12.3. The zero-order valence-electron chi connectivity index (χ0n) is 18.4. The highest BCUT2D eigenvalue weighted by Crippen LogP contribution is 2.22. The summed E-state index contributed by atoms with van der Waals surface area (Å²) >= 11 is 2.02. The summed E-state index contributed by atoms with van der Waals surface area (Å²) < 4.78 is 39.0. The molecule has 0 unspecified atom stereocenters. The number of carboxylic acid groups (broad SMARTS) is 1. The fraction of sp³-hybridized carbons (Fsp3) is 0.600. The minimum absolute atomic E-state index is 0.0351.